The van der Waals surface area contributed by atoms with Crippen molar-refractivity contribution in [2.75, 3.05) is 13.1 Å². The van der Waals surface area contributed by atoms with E-state index in [2.05, 4.69) is 0 Å². The van der Waals surface area contributed by atoms with Gasteiger partial charge in [0.25, 0.3) is 0 Å². The highest BCUT2D eigenvalue weighted by Crippen LogP contribution is 2.33. The zero-order valence-corrected chi connectivity index (χ0v) is 11.3. The molecule has 1 saturated heterocycles. The van der Waals surface area contributed by atoms with Crippen molar-refractivity contribution in [2.45, 2.75) is 33.0 Å². The van der Waals surface area contributed by atoms with E-state index in [-0.39, 0.29) is 18.1 Å². The Kier molecular flexibility index (Phi) is 4.88. The van der Waals surface area contributed by atoms with Crippen molar-refractivity contribution in [1.82, 2.24) is 4.90 Å². The van der Waals surface area contributed by atoms with E-state index in [1.165, 1.54) is 0 Å². The minimum absolute atomic E-state index is 0.0355. The average Bonchev–Trinajstić information content (AvgIpc) is 2.50. The Morgan fingerprint density at radius 2 is 1.74 bits per heavy atom. The highest BCUT2D eigenvalue weighted by Gasteiger charge is 2.43. The van der Waals surface area contributed by atoms with Crippen molar-refractivity contribution in [1.29, 1.82) is 0 Å². The summed E-state index contributed by atoms with van der Waals surface area (Å²) in [6.07, 6.45) is -0.383. The summed E-state index contributed by atoms with van der Waals surface area (Å²) in [5.74, 6) is -2.80. The summed E-state index contributed by atoms with van der Waals surface area (Å²) in [6, 6.07) is 0. The smallest absolute Gasteiger partial charge is 0.323 e. The van der Waals surface area contributed by atoms with Crippen LogP contribution in [-0.4, -0.2) is 53.1 Å². The van der Waals surface area contributed by atoms with Crippen LogP contribution in [0, 0.1) is 11.8 Å². The van der Waals surface area contributed by atoms with Gasteiger partial charge in [-0.05, 0) is 19.8 Å². The van der Waals surface area contributed by atoms with Crippen LogP contribution in [0.4, 0.5) is 0 Å². The van der Waals surface area contributed by atoms with Gasteiger partial charge in [-0.25, -0.2) is 0 Å². The second kappa shape index (κ2) is 6.01. The van der Waals surface area contributed by atoms with Crippen LogP contribution >= 0.6 is 0 Å². The summed E-state index contributed by atoms with van der Waals surface area (Å²) in [6.45, 7) is 4.58. The standard InChI is InChI=1S/C12H20N2O5/c1-6-7(2)19-8(3)11(6)12(18)14(4-9(13)15)5-10(16)17/h6-8,11H,4-5H2,1-3H3,(H2,13,15)(H,16,17). The molecule has 4 atom stereocenters. The Morgan fingerprint density at radius 3 is 2.11 bits per heavy atom. The summed E-state index contributed by atoms with van der Waals surface area (Å²) >= 11 is 0. The molecule has 1 aliphatic heterocycles. The number of nitrogens with two attached hydrogens (primary N) is 1. The van der Waals surface area contributed by atoms with Crippen LogP contribution in [0.15, 0.2) is 0 Å². The number of aliphatic carboxylic acids is 1. The molecule has 19 heavy (non-hydrogen) atoms. The van der Waals surface area contributed by atoms with Crippen LogP contribution < -0.4 is 5.73 Å². The molecule has 0 aliphatic carbocycles. The van der Waals surface area contributed by atoms with Gasteiger partial charge in [-0.2, -0.15) is 0 Å². The minimum atomic E-state index is -1.18. The largest absolute Gasteiger partial charge is 0.480 e. The maximum absolute atomic E-state index is 12.4. The Bertz CT molecular complexity index is 368. The molecular weight excluding hydrogens is 252 g/mol. The fourth-order valence-corrected chi connectivity index (χ4v) is 2.47. The summed E-state index contributed by atoms with van der Waals surface area (Å²) in [5, 5.41) is 8.80. The van der Waals surface area contributed by atoms with E-state index in [1.54, 1.807) is 6.92 Å². The lowest BCUT2D eigenvalue weighted by molar-refractivity contribution is -0.148. The second-order valence-electron chi connectivity index (χ2n) is 4.99. The lowest BCUT2D eigenvalue weighted by Crippen LogP contribution is -2.47. The molecule has 2 amide bonds. The van der Waals surface area contributed by atoms with Crippen LogP contribution in [0.3, 0.4) is 0 Å². The number of carbonyl (C=O) groups is 3. The van der Waals surface area contributed by atoms with E-state index < -0.39 is 36.8 Å². The number of carboxylic acids is 1. The third-order valence-electron chi connectivity index (χ3n) is 3.51. The summed E-state index contributed by atoms with van der Waals surface area (Å²) < 4.78 is 5.56. The molecule has 3 N–H and O–H groups in total. The van der Waals surface area contributed by atoms with Crippen LogP contribution in [0.2, 0.25) is 0 Å². The summed E-state index contributed by atoms with van der Waals surface area (Å²) in [4.78, 5) is 35.0. The van der Waals surface area contributed by atoms with E-state index in [9.17, 15) is 14.4 Å². The predicted molar refractivity (Wildman–Crippen MR) is 66.1 cm³/mol. The van der Waals surface area contributed by atoms with Crippen molar-refractivity contribution in [3.63, 3.8) is 0 Å². The van der Waals surface area contributed by atoms with E-state index >= 15 is 0 Å². The molecule has 0 saturated carbocycles. The molecule has 0 spiro atoms. The second-order valence-corrected chi connectivity index (χ2v) is 4.99. The molecule has 4 unspecified atom stereocenters. The lowest BCUT2D eigenvalue weighted by Gasteiger charge is -2.26. The van der Waals surface area contributed by atoms with Gasteiger partial charge >= 0.3 is 5.97 Å². The van der Waals surface area contributed by atoms with E-state index in [4.69, 9.17) is 15.6 Å². The maximum Gasteiger partial charge on any atom is 0.323 e. The van der Waals surface area contributed by atoms with Crippen molar-refractivity contribution in [3.05, 3.63) is 0 Å². The lowest BCUT2D eigenvalue weighted by atomic mass is 9.88. The van der Waals surface area contributed by atoms with Crippen LogP contribution in [0.25, 0.3) is 0 Å². The Hall–Kier alpha value is -1.63. The van der Waals surface area contributed by atoms with Crippen LogP contribution in [0.5, 0.6) is 0 Å². The highest BCUT2D eigenvalue weighted by molar-refractivity contribution is 5.88. The van der Waals surface area contributed by atoms with Gasteiger partial charge in [0.05, 0.1) is 24.7 Å². The van der Waals surface area contributed by atoms with Gasteiger partial charge in [-0.15, -0.1) is 0 Å². The van der Waals surface area contributed by atoms with E-state index in [0.717, 1.165) is 4.90 Å². The van der Waals surface area contributed by atoms with Gasteiger partial charge in [0.15, 0.2) is 0 Å². The van der Waals surface area contributed by atoms with Crippen molar-refractivity contribution < 1.29 is 24.2 Å². The Labute approximate surface area is 111 Å². The molecule has 7 nitrogen and oxygen atoms in total. The fourth-order valence-electron chi connectivity index (χ4n) is 2.47. The zero-order valence-electron chi connectivity index (χ0n) is 11.3. The molecule has 7 heteroatoms. The van der Waals surface area contributed by atoms with Crippen molar-refractivity contribution >= 4 is 17.8 Å². The Morgan fingerprint density at radius 1 is 1.16 bits per heavy atom. The quantitative estimate of drug-likeness (QED) is 0.697. The number of amides is 2. The predicted octanol–water partition coefficient (Wildman–Crippen LogP) is -0.556. The molecule has 1 rings (SSSR count). The molecule has 0 aromatic rings. The number of hydrogen-bond donors (Lipinski definition) is 2. The number of hydrogen-bond acceptors (Lipinski definition) is 4. The normalized spacial score (nSPS) is 30.1. The summed E-state index contributed by atoms with van der Waals surface area (Å²) in [5.41, 5.74) is 5.05. The highest BCUT2D eigenvalue weighted by atomic mass is 16.5. The van der Waals surface area contributed by atoms with Crippen LogP contribution in [-0.2, 0) is 19.1 Å². The van der Waals surface area contributed by atoms with Gasteiger partial charge in [0.1, 0.15) is 6.54 Å². The number of ether oxygens (including phenoxy) is 1. The van der Waals surface area contributed by atoms with Gasteiger partial charge in [0.2, 0.25) is 11.8 Å². The monoisotopic (exact) mass is 272 g/mol. The van der Waals surface area contributed by atoms with E-state index in [0.29, 0.717) is 0 Å². The molecule has 1 aliphatic rings. The zero-order chi connectivity index (χ0) is 14.7. The number of rotatable bonds is 5. The molecule has 1 heterocycles. The molecule has 0 aromatic heterocycles. The summed E-state index contributed by atoms with van der Waals surface area (Å²) in [7, 11) is 0. The van der Waals surface area contributed by atoms with Gasteiger partial charge in [0, 0.05) is 0 Å². The molecule has 0 radical (unpaired) electrons. The van der Waals surface area contributed by atoms with Gasteiger partial charge in [-0.3, -0.25) is 14.4 Å². The number of carbonyl (C=O) groups excluding carboxylic acids is 2. The van der Waals surface area contributed by atoms with Gasteiger partial charge < -0.3 is 20.5 Å². The first kappa shape index (κ1) is 15.4. The van der Waals surface area contributed by atoms with Gasteiger partial charge in [-0.1, -0.05) is 6.92 Å². The Balaban J connectivity index is 2.86. The van der Waals surface area contributed by atoms with Crippen molar-refractivity contribution in [3.8, 4) is 0 Å². The molecule has 1 fully saturated rings. The first-order valence-electron chi connectivity index (χ1n) is 6.18. The fraction of sp³-hybridized carbons (Fsp3) is 0.750. The number of nitrogens with zero attached hydrogens (tertiary/aromatic N) is 1. The number of primary amides is 1. The first-order chi connectivity index (χ1) is 8.73. The van der Waals surface area contributed by atoms with E-state index in [1.807, 2.05) is 13.8 Å². The maximum atomic E-state index is 12.4. The first-order valence-corrected chi connectivity index (χ1v) is 6.18. The molecular formula is C12H20N2O5. The molecule has 0 aromatic carbocycles. The van der Waals surface area contributed by atoms with Crippen LogP contribution in [0.1, 0.15) is 20.8 Å². The molecule has 0 bridgehead atoms. The topological polar surface area (TPSA) is 110 Å². The minimum Gasteiger partial charge on any atom is -0.480 e. The third-order valence-corrected chi connectivity index (χ3v) is 3.51. The number of carboxylic acid groups (broad SMARTS) is 1. The van der Waals surface area contributed by atoms with Crippen molar-refractivity contribution in [2.24, 2.45) is 17.6 Å². The SMILES string of the molecule is CC1OC(C)C(C(=O)N(CC(N)=O)CC(=O)O)C1C. The molecule has 108 valence electrons. The average molecular weight is 272 g/mol. The third kappa shape index (κ3) is 3.66.